The van der Waals surface area contributed by atoms with Gasteiger partial charge in [-0.2, -0.15) is 0 Å². The van der Waals surface area contributed by atoms with E-state index in [0.29, 0.717) is 0 Å². The van der Waals surface area contributed by atoms with Crippen LogP contribution in [0.15, 0.2) is 22.3 Å². The lowest BCUT2D eigenvalue weighted by Gasteiger charge is -2.48. The Labute approximate surface area is 136 Å². The summed E-state index contributed by atoms with van der Waals surface area (Å²) >= 11 is 0. The van der Waals surface area contributed by atoms with E-state index < -0.39 is 0 Å². The van der Waals surface area contributed by atoms with Crippen LogP contribution >= 0.6 is 0 Å². The van der Waals surface area contributed by atoms with Crippen LogP contribution in [0.2, 0.25) is 0 Å². The molecular formula is C16H24N6O. The van der Waals surface area contributed by atoms with Gasteiger partial charge in [-0.3, -0.25) is 14.7 Å². The van der Waals surface area contributed by atoms with Crippen LogP contribution in [0.25, 0.3) is 0 Å². The third-order valence-corrected chi connectivity index (χ3v) is 5.62. The summed E-state index contributed by atoms with van der Waals surface area (Å²) in [5, 5.41) is 3.20. The van der Waals surface area contributed by atoms with Crippen molar-refractivity contribution in [3.05, 3.63) is 12.3 Å². The molecule has 0 radical (unpaired) electrons. The highest BCUT2D eigenvalue weighted by Crippen LogP contribution is 2.39. The lowest BCUT2D eigenvalue weighted by molar-refractivity contribution is -0.136. The van der Waals surface area contributed by atoms with E-state index in [-0.39, 0.29) is 30.1 Å². The predicted molar refractivity (Wildman–Crippen MR) is 89.0 cm³/mol. The third kappa shape index (κ3) is 2.38. The number of rotatable bonds is 2. The zero-order chi connectivity index (χ0) is 15.9. The average molecular weight is 316 g/mol. The zero-order valence-electron chi connectivity index (χ0n) is 13.3. The molecule has 0 bridgehead atoms. The minimum atomic E-state index is -0.0469. The van der Waals surface area contributed by atoms with Crippen LogP contribution in [-0.4, -0.2) is 65.8 Å². The van der Waals surface area contributed by atoms with Gasteiger partial charge in [0.15, 0.2) is 0 Å². The number of likely N-dealkylation sites (tertiary alicyclic amines) is 2. The van der Waals surface area contributed by atoms with Crippen LogP contribution < -0.4 is 11.1 Å². The minimum Gasteiger partial charge on any atom is -0.350 e. The monoisotopic (exact) mass is 316 g/mol. The maximum Gasteiger partial charge on any atom is 0.236 e. The molecule has 124 valence electrons. The van der Waals surface area contributed by atoms with Gasteiger partial charge in [0, 0.05) is 19.6 Å². The second-order valence-electron chi connectivity index (χ2n) is 6.87. The van der Waals surface area contributed by atoms with Gasteiger partial charge < -0.3 is 16.0 Å². The summed E-state index contributed by atoms with van der Waals surface area (Å²) in [6.45, 7) is 2.86. The Bertz CT molecular complexity index is 585. The summed E-state index contributed by atoms with van der Waals surface area (Å²) in [6.07, 6.45) is 10.2. The van der Waals surface area contributed by atoms with Crippen molar-refractivity contribution >= 4 is 18.1 Å². The normalized spacial score (nSPS) is 36.2. The lowest BCUT2D eigenvalue weighted by Crippen LogP contribution is -2.61. The molecule has 7 heteroatoms. The van der Waals surface area contributed by atoms with E-state index in [0.717, 1.165) is 51.2 Å². The van der Waals surface area contributed by atoms with Crippen molar-refractivity contribution in [3.8, 4) is 0 Å². The number of amidine groups is 1. The van der Waals surface area contributed by atoms with E-state index in [1.807, 2.05) is 11.1 Å². The number of amides is 1. The van der Waals surface area contributed by atoms with E-state index in [1.54, 1.807) is 6.34 Å². The summed E-state index contributed by atoms with van der Waals surface area (Å²) in [7, 11) is 0. The number of fused-ring (bicyclic) bond motifs is 1. The van der Waals surface area contributed by atoms with E-state index in [4.69, 9.17) is 5.73 Å². The van der Waals surface area contributed by atoms with Crippen molar-refractivity contribution in [1.29, 1.82) is 0 Å². The van der Waals surface area contributed by atoms with Crippen molar-refractivity contribution in [1.82, 2.24) is 15.1 Å². The first-order valence-corrected chi connectivity index (χ1v) is 8.51. The van der Waals surface area contributed by atoms with Crippen molar-refractivity contribution in [2.24, 2.45) is 21.6 Å². The van der Waals surface area contributed by atoms with Crippen LogP contribution in [0.4, 0.5) is 0 Å². The number of hydrogen-bond donors (Lipinski definition) is 2. The topological polar surface area (TPSA) is 86.3 Å². The largest absolute Gasteiger partial charge is 0.350 e. The average Bonchev–Trinajstić information content (AvgIpc) is 3.21. The Morgan fingerprint density at radius 1 is 1.39 bits per heavy atom. The first-order chi connectivity index (χ1) is 11.2. The molecule has 3 atom stereocenters. The molecule has 3 N–H and O–H groups in total. The van der Waals surface area contributed by atoms with Crippen LogP contribution in [-0.2, 0) is 4.79 Å². The Morgan fingerprint density at radius 3 is 3.04 bits per heavy atom. The molecule has 7 nitrogen and oxygen atoms in total. The maximum atomic E-state index is 12.3. The van der Waals surface area contributed by atoms with Gasteiger partial charge in [0.05, 0.1) is 18.0 Å². The molecule has 0 aromatic rings. The van der Waals surface area contributed by atoms with Crippen LogP contribution in [0.5, 0.6) is 0 Å². The van der Waals surface area contributed by atoms with Gasteiger partial charge in [-0.15, -0.1) is 0 Å². The first kappa shape index (κ1) is 14.8. The predicted octanol–water partition coefficient (Wildman–Crippen LogP) is -0.0983. The Kier molecular flexibility index (Phi) is 3.69. The molecule has 4 heterocycles. The summed E-state index contributed by atoms with van der Waals surface area (Å²) in [5.41, 5.74) is 5.58. The first-order valence-electron chi connectivity index (χ1n) is 8.51. The summed E-state index contributed by atoms with van der Waals surface area (Å²) in [4.78, 5) is 25.7. The number of nitrogens with zero attached hydrogens (tertiary/aromatic N) is 4. The number of hydrogen-bond acceptors (Lipinski definition) is 6. The number of carbonyl (C=O) groups is 1. The summed E-state index contributed by atoms with van der Waals surface area (Å²) in [5.74, 6) is 1.27. The SMILES string of the molecule is NCC(=O)N1CCCC12CCCN(C1N=CN=C3NC=CC31)C2. The third-order valence-electron chi connectivity index (χ3n) is 5.62. The fourth-order valence-electron chi connectivity index (χ4n) is 4.60. The van der Waals surface area contributed by atoms with Crippen molar-refractivity contribution in [2.75, 3.05) is 26.2 Å². The van der Waals surface area contributed by atoms with E-state index in [2.05, 4.69) is 26.3 Å². The molecule has 23 heavy (non-hydrogen) atoms. The number of aliphatic imine (C=N–C) groups is 2. The number of carbonyl (C=O) groups excluding carboxylic acids is 1. The molecule has 4 rings (SSSR count). The minimum absolute atomic E-state index is 0.0469. The van der Waals surface area contributed by atoms with Crippen LogP contribution in [0, 0.1) is 5.92 Å². The maximum absolute atomic E-state index is 12.3. The molecule has 1 spiro atoms. The van der Waals surface area contributed by atoms with Gasteiger partial charge in [-0.05, 0) is 31.9 Å². The molecule has 0 saturated carbocycles. The molecule has 3 unspecified atom stereocenters. The highest BCUT2D eigenvalue weighted by molar-refractivity contribution is 5.96. The van der Waals surface area contributed by atoms with E-state index in [1.165, 1.54) is 0 Å². The molecule has 4 aliphatic rings. The van der Waals surface area contributed by atoms with Crippen molar-refractivity contribution < 1.29 is 4.79 Å². The van der Waals surface area contributed by atoms with E-state index in [9.17, 15) is 4.79 Å². The molecule has 1 amide bonds. The number of piperidine rings is 1. The Morgan fingerprint density at radius 2 is 2.22 bits per heavy atom. The molecule has 0 aromatic heterocycles. The van der Waals surface area contributed by atoms with Crippen molar-refractivity contribution in [3.63, 3.8) is 0 Å². The molecule has 0 aliphatic carbocycles. The van der Waals surface area contributed by atoms with E-state index >= 15 is 0 Å². The summed E-state index contributed by atoms with van der Waals surface area (Å²) < 4.78 is 0. The molecule has 0 aromatic carbocycles. The lowest BCUT2D eigenvalue weighted by atomic mass is 9.85. The fraction of sp³-hybridized carbons (Fsp3) is 0.688. The fourth-order valence-corrected chi connectivity index (χ4v) is 4.60. The highest BCUT2D eigenvalue weighted by Gasteiger charge is 2.48. The zero-order valence-corrected chi connectivity index (χ0v) is 13.3. The van der Waals surface area contributed by atoms with Gasteiger partial charge in [0.25, 0.3) is 0 Å². The molecule has 4 aliphatic heterocycles. The Hall–Kier alpha value is -1.73. The number of nitrogens with one attached hydrogen (secondary N) is 1. The smallest absolute Gasteiger partial charge is 0.236 e. The molecule has 2 saturated heterocycles. The highest BCUT2D eigenvalue weighted by atomic mass is 16.2. The van der Waals surface area contributed by atoms with Crippen LogP contribution in [0.3, 0.4) is 0 Å². The van der Waals surface area contributed by atoms with Crippen LogP contribution in [0.1, 0.15) is 25.7 Å². The summed E-state index contributed by atoms with van der Waals surface area (Å²) in [6, 6.07) is 0. The second kappa shape index (κ2) is 5.72. The van der Waals surface area contributed by atoms with Gasteiger partial charge in [0.2, 0.25) is 5.91 Å². The van der Waals surface area contributed by atoms with Gasteiger partial charge >= 0.3 is 0 Å². The van der Waals surface area contributed by atoms with Gasteiger partial charge in [-0.1, -0.05) is 6.08 Å². The Balaban J connectivity index is 1.55. The quantitative estimate of drug-likeness (QED) is 0.745. The molecule has 2 fully saturated rings. The molecular weight excluding hydrogens is 292 g/mol. The second-order valence-corrected chi connectivity index (χ2v) is 6.87. The van der Waals surface area contributed by atoms with Gasteiger partial charge in [-0.25, -0.2) is 4.99 Å². The van der Waals surface area contributed by atoms with Gasteiger partial charge in [0.1, 0.15) is 18.3 Å². The standard InChI is InChI=1S/C16H24N6O/c17-9-13(23)22-8-2-5-16(22)4-1-7-21(10-16)15-12-3-6-18-14(12)19-11-20-15/h3,6,11-12,15H,1-2,4-5,7-10,17H2,(H,18,19,20). The number of nitrogens with two attached hydrogens (primary N) is 1. The van der Waals surface area contributed by atoms with Crippen molar-refractivity contribution in [2.45, 2.75) is 37.4 Å².